The quantitative estimate of drug-likeness (QED) is 0.939. The summed E-state index contributed by atoms with van der Waals surface area (Å²) in [5, 5.41) is 7.77. The van der Waals surface area contributed by atoms with Crippen LogP contribution in [0.15, 0.2) is 22.8 Å². The highest BCUT2D eigenvalue weighted by Crippen LogP contribution is 2.23. The molecule has 0 aliphatic carbocycles. The van der Waals surface area contributed by atoms with Crippen molar-refractivity contribution in [2.75, 3.05) is 7.05 Å². The number of nitrogens with zero attached hydrogens (tertiary/aromatic N) is 3. The van der Waals surface area contributed by atoms with E-state index in [1.807, 2.05) is 31.8 Å². The molecule has 5 heteroatoms. The molecule has 2 aromatic heterocycles. The van der Waals surface area contributed by atoms with Gasteiger partial charge >= 0.3 is 0 Å². The van der Waals surface area contributed by atoms with Gasteiger partial charge in [-0.25, -0.2) is 4.68 Å². The van der Waals surface area contributed by atoms with Gasteiger partial charge in [0.15, 0.2) is 0 Å². The average Bonchev–Trinajstić information content (AvgIpc) is 2.69. The second kappa shape index (κ2) is 5.84. The van der Waals surface area contributed by atoms with E-state index < -0.39 is 0 Å². The first-order valence-electron chi connectivity index (χ1n) is 6.43. The molecule has 0 fully saturated rings. The third kappa shape index (κ3) is 2.72. The minimum absolute atomic E-state index is 0.307. The predicted molar refractivity (Wildman–Crippen MR) is 80.6 cm³/mol. The Bertz CT molecular complexity index is 556. The molecule has 4 nitrogen and oxygen atoms in total. The summed E-state index contributed by atoms with van der Waals surface area (Å²) in [5.41, 5.74) is 4.13. The predicted octanol–water partition coefficient (Wildman–Crippen LogP) is 3.32. The summed E-state index contributed by atoms with van der Waals surface area (Å²) in [6, 6.07) is 4.43. The number of pyridine rings is 1. The van der Waals surface area contributed by atoms with Gasteiger partial charge < -0.3 is 5.32 Å². The van der Waals surface area contributed by atoms with Crippen LogP contribution >= 0.6 is 15.9 Å². The summed E-state index contributed by atoms with van der Waals surface area (Å²) in [6.45, 7) is 6.18. The fraction of sp³-hybridized carbons (Fsp3) is 0.429. The van der Waals surface area contributed by atoms with Crippen LogP contribution in [0.2, 0.25) is 0 Å². The van der Waals surface area contributed by atoms with Gasteiger partial charge in [0.05, 0.1) is 33.4 Å². The largest absolute Gasteiger partial charge is 0.312 e. The van der Waals surface area contributed by atoms with Gasteiger partial charge in [-0.05, 0) is 55.4 Å². The first-order chi connectivity index (χ1) is 9.08. The van der Waals surface area contributed by atoms with E-state index in [0.717, 1.165) is 33.7 Å². The third-order valence-corrected chi connectivity index (χ3v) is 4.48. The Balaban J connectivity index is 2.34. The van der Waals surface area contributed by atoms with Crippen molar-refractivity contribution in [3.8, 4) is 5.69 Å². The van der Waals surface area contributed by atoms with Gasteiger partial charge in [0.2, 0.25) is 0 Å². The van der Waals surface area contributed by atoms with Crippen LogP contribution in [0.3, 0.4) is 0 Å². The topological polar surface area (TPSA) is 42.7 Å². The highest BCUT2D eigenvalue weighted by atomic mass is 79.9. The van der Waals surface area contributed by atoms with Gasteiger partial charge in [-0.2, -0.15) is 5.10 Å². The smallest absolute Gasteiger partial charge is 0.0832 e. The molecule has 2 heterocycles. The van der Waals surface area contributed by atoms with E-state index in [2.05, 4.69) is 50.4 Å². The molecule has 0 saturated heterocycles. The number of nitrogens with one attached hydrogen (secondary N) is 1. The van der Waals surface area contributed by atoms with Crippen LogP contribution in [0.4, 0.5) is 0 Å². The maximum atomic E-state index is 4.54. The summed E-state index contributed by atoms with van der Waals surface area (Å²) in [5.74, 6) is 0. The molecule has 1 unspecified atom stereocenters. The lowest BCUT2D eigenvalue weighted by Gasteiger charge is -2.13. The highest BCUT2D eigenvalue weighted by Gasteiger charge is 2.12. The van der Waals surface area contributed by atoms with Crippen molar-refractivity contribution in [3.05, 3.63) is 39.9 Å². The number of hydrogen-bond acceptors (Lipinski definition) is 3. The molecule has 0 aliphatic heterocycles. The summed E-state index contributed by atoms with van der Waals surface area (Å²) in [7, 11) is 1.96. The average molecular weight is 323 g/mol. The molecule has 0 amide bonds. The Kier molecular flexibility index (Phi) is 4.37. The fourth-order valence-electron chi connectivity index (χ4n) is 2.17. The molecule has 19 heavy (non-hydrogen) atoms. The lowest BCUT2D eigenvalue weighted by molar-refractivity contribution is 0.561. The van der Waals surface area contributed by atoms with Crippen LogP contribution in [0.1, 0.15) is 36.5 Å². The van der Waals surface area contributed by atoms with Gasteiger partial charge in [-0.15, -0.1) is 0 Å². The lowest BCUT2D eigenvalue weighted by Crippen LogP contribution is -2.16. The molecule has 2 rings (SSSR count). The van der Waals surface area contributed by atoms with Crippen molar-refractivity contribution in [2.45, 2.75) is 33.2 Å². The second-order valence-electron chi connectivity index (χ2n) is 4.59. The number of hydrogen-bond donors (Lipinski definition) is 1. The maximum absolute atomic E-state index is 4.54. The number of halogens is 1. The molecule has 0 radical (unpaired) electrons. The van der Waals surface area contributed by atoms with Gasteiger partial charge in [0.1, 0.15) is 0 Å². The van der Waals surface area contributed by atoms with Gasteiger partial charge in [-0.1, -0.05) is 6.92 Å². The monoisotopic (exact) mass is 322 g/mol. The minimum Gasteiger partial charge on any atom is -0.312 e. The lowest BCUT2D eigenvalue weighted by atomic mass is 10.1. The number of aromatic nitrogens is 3. The zero-order valence-corrected chi connectivity index (χ0v) is 13.3. The van der Waals surface area contributed by atoms with Crippen LogP contribution in [0.5, 0.6) is 0 Å². The molecule has 0 saturated carbocycles. The van der Waals surface area contributed by atoms with Gasteiger partial charge in [-0.3, -0.25) is 4.98 Å². The SMILES string of the molecule is CCC(NC)c1ccc(-n2nc(C)c(Br)c2C)cn1. The molecule has 0 spiro atoms. The van der Waals surface area contributed by atoms with Gasteiger partial charge in [0, 0.05) is 6.04 Å². The van der Waals surface area contributed by atoms with Crippen LogP contribution in [-0.2, 0) is 0 Å². The van der Waals surface area contributed by atoms with Crippen LogP contribution in [0.25, 0.3) is 5.69 Å². The van der Waals surface area contributed by atoms with Crippen LogP contribution < -0.4 is 5.32 Å². The summed E-state index contributed by atoms with van der Waals surface area (Å²) in [6.07, 6.45) is 2.90. The second-order valence-corrected chi connectivity index (χ2v) is 5.38. The van der Waals surface area contributed by atoms with E-state index in [0.29, 0.717) is 6.04 Å². The number of rotatable bonds is 4. The van der Waals surface area contributed by atoms with Crippen LogP contribution in [-0.4, -0.2) is 21.8 Å². The van der Waals surface area contributed by atoms with E-state index in [1.165, 1.54) is 0 Å². The van der Waals surface area contributed by atoms with Crippen molar-refractivity contribution in [1.82, 2.24) is 20.1 Å². The first kappa shape index (κ1) is 14.2. The zero-order chi connectivity index (χ0) is 14.0. The summed E-state index contributed by atoms with van der Waals surface area (Å²) >= 11 is 3.54. The molecule has 2 aromatic rings. The van der Waals surface area contributed by atoms with Crippen molar-refractivity contribution in [1.29, 1.82) is 0 Å². The molecular weight excluding hydrogens is 304 g/mol. The molecule has 0 bridgehead atoms. The van der Waals surface area contributed by atoms with E-state index >= 15 is 0 Å². The van der Waals surface area contributed by atoms with E-state index in [9.17, 15) is 0 Å². The van der Waals surface area contributed by atoms with E-state index in [1.54, 1.807) is 0 Å². The normalized spacial score (nSPS) is 12.7. The van der Waals surface area contributed by atoms with Crippen molar-refractivity contribution in [2.24, 2.45) is 0 Å². The Morgan fingerprint density at radius 3 is 2.53 bits per heavy atom. The molecule has 102 valence electrons. The Morgan fingerprint density at radius 1 is 1.37 bits per heavy atom. The minimum atomic E-state index is 0.307. The molecule has 0 aromatic carbocycles. The third-order valence-electron chi connectivity index (χ3n) is 3.33. The van der Waals surface area contributed by atoms with Gasteiger partial charge in [0.25, 0.3) is 0 Å². The fourth-order valence-corrected chi connectivity index (χ4v) is 2.41. The van der Waals surface area contributed by atoms with E-state index in [-0.39, 0.29) is 0 Å². The highest BCUT2D eigenvalue weighted by molar-refractivity contribution is 9.10. The molecule has 0 aliphatic rings. The van der Waals surface area contributed by atoms with Crippen molar-refractivity contribution < 1.29 is 0 Å². The van der Waals surface area contributed by atoms with Crippen molar-refractivity contribution in [3.63, 3.8) is 0 Å². The molecular formula is C14H19BrN4. The summed E-state index contributed by atoms with van der Waals surface area (Å²) in [4.78, 5) is 4.54. The van der Waals surface area contributed by atoms with E-state index in [4.69, 9.17) is 0 Å². The molecule has 1 atom stereocenters. The van der Waals surface area contributed by atoms with Crippen molar-refractivity contribution >= 4 is 15.9 Å². The zero-order valence-electron chi connectivity index (χ0n) is 11.7. The molecule has 1 N–H and O–H groups in total. The Labute approximate surface area is 122 Å². The number of aryl methyl sites for hydroxylation is 1. The standard InChI is InChI=1S/C14H19BrN4/c1-5-12(16-4)13-7-6-11(8-17-13)19-10(3)14(15)9(2)18-19/h6-8,12,16H,5H2,1-4H3. The first-order valence-corrected chi connectivity index (χ1v) is 7.23. The maximum Gasteiger partial charge on any atom is 0.0832 e. The van der Waals surface area contributed by atoms with Crippen LogP contribution in [0, 0.1) is 13.8 Å². The Morgan fingerprint density at radius 2 is 2.11 bits per heavy atom. The summed E-state index contributed by atoms with van der Waals surface area (Å²) < 4.78 is 2.97. The Hall–Kier alpha value is -1.20.